The third kappa shape index (κ3) is 2.55. The van der Waals surface area contributed by atoms with Crippen LogP contribution in [0.2, 0.25) is 0 Å². The third-order valence-electron chi connectivity index (χ3n) is 3.66. The monoisotopic (exact) mass is 277 g/mol. The number of anilines is 3. The van der Waals surface area contributed by atoms with E-state index in [0.717, 1.165) is 28.8 Å². The van der Waals surface area contributed by atoms with E-state index in [1.165, 1.54) is 11.3 Å². The van der Waals surface area contributed by atoms with Crippen molar-refractivity contribution in [3.05, 3.63) is 60.3 Å². The van der Waals surface area contributed by atoms with Crippen LogP contribution in [0.3, 0.4) is 0 Å². The van der Waals surface area contributed by atoms with Crippen LogP contribution in [-0.4, -0.2) is 11.5 Å². The van der Waals surface area contributed by atoms with E-state index in [9.17, 15) is 0 Å². The van der Waals surface area contributed by atoms with Gasteiger partial charge < -0.3 is 10.6 Å². The molecule has 3 aromatic rings. The molecule has 0 aliphatic carbocycles. The second-order valence-corrected chi connectivity index (χ2v) is 5.19. The topological polar surface area (TPSA) is 42.2 Å². The highest BCUT2D eigenvalue weighted by Gasteiger charge is 2.11. The van der Waals surface area contributed by atoms with E-state index in [0.29, 0.717) is 0 Å². The van der Waals surface area contributed by atoms with Gasteiger partial charge in [0.15, 0.2) is 0 Å². The Morgan fingerprint density at radius 1 is 1.10 bits per heavy atom. The van der Waals surface area contributed by atoms with Gasteiger partial charge in [0.05, 0.1) is 11.2 Å². The second-order valence-electron chi connectivity index (χ2n) is 5.19. The van der Waals surface area contributed by atoms with Gasteiger partial charge in [-0.3, -0.25) is 4.98 Å². The van der Waals surface area contributed by atoms with Gasteiger partial charge in [0.2, 0.25) is 0 Å². The summed E-state index contributed by atoms with van der Waals surface area (Å²) in [7, 11) is 0. The first-order valence-electron chi connectivity index (χ1n) is 7.17. The second kappa shape index (κ2) is 5.44. The van der Waals surface area contributed by atoms with E-state index in [1.807, 2.05) is 24.4 Å². The molecule has 0 fully saturated rings. The summed E-state index contributed by atoms with van der Waals surface area (Å²) in [6.07, 6.45) is 1.84. The van der Waals surface area contributed by atoms with E-state index in [2.05, 4.69) is 54.1 Å². The van der Waals surface area contributed by atoms with Gasteiger partial charge in [0.25, 0.3) is 0 Å². The minimum absolute atomic E-state index is 0.741. The molecule has 1 aromatic heterocycles. The van der Waals surface area contributed by atoms with Gasteiger partial charge in [-0.2, -0.15) is 0 Å². The molecule has 0 aliphatic heterocycles. The van der Waals surface area contributed by atoms with E-state index in [4.69, 9.17) is 5.73 Å². The smallest absolute Gasteiger partial charge is 0.0743 e. The lowest BCUT2D eigenvalue weighted by Gasteiger charge is -2.25. The summed E-state index contributed by atoms with van der Waals surface area (Å²) >= 11 is 0. The van der Waals surface area contributed by atoms with Crippen LogP contribution in [0.25, 0.3) is 10.9 Å². The Morgan fingerprint density at radius 3 is 2.71 bits per heavy atom. The lowest BCUT2D eigenvalue weighted by molar-refractivity contribution is 1.03. The highest BCUT2D eigenvalue weighted by Crippen LogP contribution is 2.32. The molecule has 3 rings (SSSR count). The summed E-state index contributed by atoms with van der Waals surface area (Å²) < 4.78 is 0. The predicted octanol–water partition coefficient (Wildman–Crippen LogP) is 4.28. The van der Waals surface area contributed by atoms with Crippen LogP contribution in [0.5, 0.6) is 0 Å². The number of aromatic nitrogens is 1. The molecule has 1 heterocycles. The van der Waals surface area contributed by atoms with Crippen LogP contribution >= 0.6 is 0 Å². The van der Waals surface area contributed by atoms with Gasteiger partial charge in [-0.15, -0.1) is 0 Å². The molecule has 0 saturated heterocycles. The van der Waals surface area contributed by atoms with Crippen LogP contribution in [0, 0.1) is 6.92 Å². The molecular weight excluding hydrogens is 258 g/mol. The summed E-state index contributed by atoms with van der Waals surface area (Å²) in [4.78, 5) is 6.72. The average Bonchev–Trinajstić information content (AvgIpc) is 2.48. The fourth-order valence-electron chi connectivity index (χ4n) is 2.67. The van der Waals surface area contributed by atoms with Gasteiger partial charge in [-0.05, 0) is 55.8 Å². The molecule has 3 heteroatoms. The standard InChI is InChI=1S/C18H19N3/c1-3-21(15-6-4-5-13(2)11-15)18-9-10-20-17-12-14(19)7-8-16(17)18/h4-12H,3,19H2,1-2H3. The maximum absolute atomic E-state index is 5.86. The van der Waals surface area contributed by atoms with Gasteiger partial charge in [-0.1, -0.05) is 12.1 Å². The highest BCUT2D eigenvalue weighted by molar-refractivity contribution is 5.95. The molecule has 0 aliphatic rings. The average molecular weight is 277 g/mol. The van der Waals surface area contributed by atoms with Crippen molar-refractivity contribution in [3.8, 4) is 0 Å². The fraction of sp³-hybridized carbons (Fsp3) is 0.167. The minimum atomic E-state index is 0.741. The number of pyridine rings is 1. The lowest BCUT2D eigenvalue weighted by Crippen LogP contribution is -2.16. The molecule has 106 valence electrons. The summed E-state index contributed by atoms with van der Waals surface area (Å²) in [5.41, 5.74) is 11.1. The molecule has 0 spiro atoms. The van der Waals surface area contributed by atoms with Crippen LogP contribution in [0.15, 0.2) is 54.7 Å². The number of nitrogen functional groups attached to an aromatic ring is 1. The van der Waals surface area contributed by atoms with Crippen molar-refractivity contribution in [1.82, 2.24) is 4.98 Å². The highest BCUT2D eigenvalue weighted by atomic mass is 15.1. The molecule has 3 nitrogen and oxygen atoms in total. The minimum Gasteiger partial charge on any atom is -0.399 e. The maximum atomic E-state index is 5.86. The molecule has 2 aromatic carbocycles. The fourth-order valence-corrected chi connectivity index (χ4v) is 2.67. The van der Waals surface area contributed by atoms with E-state index < -0.39 is 0 Å². The summed E-state index contributed by atoms with van der Waals surface area (Å²) in [6, 6.07) is 16.5. The number of rotatable bonds is 3. The number of aryl methyl sites for hydroxylation is 1. The normalized spacial score (nSPS) is 10.8. The van der Waals surface area contributed by atoms with Crippen molar-refractivity contribution < 1.29 is 0 Å². The van der Waals surface area contributed by atoms with Crippen molar-refractivity contribution in [2.75, 3.05) is 17.2 Å². The Hall–Kier alpha value is -2.55. The maximum Gasteiger partial charge on any atom is 0.0743 e. The first-order chi connectivity index (χ1) is 10.2. The Morgan fingerprint density at radius 2 is 1.95 bits per heavy atom. The first-order valence-corrected chi connectivity index (χ1v) is 7.17. The molecule has 0 saturated carbocycles. The van der Waals surface area contributed by atoms with Crippen LogP contribution in [0.4, 0.5) is 17.1 Å². The molecule has 2 N–H and O–H groups in total. The SMILES string of the molecule is CCN(c1cccc(C)c1)c1ccnc2cc(N)ccc12. The third-order valence-corrected chi connectivity index (χ3v) is 3.66. The molecular formula is C18H19N3. The molecule has 21 heavy (non-hydrogen) atoms. The first kappa shape index (κ1) is 13.4. The Balaban J connectivity index is 2.17. The zero-order valence-electron chi connectivity index (χ0n) is 12.4. The van der Waals surface area contributed by atoms with Gasteiger partial charge in [-0.25, -0.2) is 0 Å². The number of fused-ring (bicyclic) bond motifs is 1. The van der Waals surface area contributed by atoms with Crippen LogP contribution in [0.1, 0.15) is 12.5 Å². The van der Waals surface area contributed by atoms with Gasteiger partial charge in [0.1, 0.15) is 0 Å². The predicted molar refractivity (Wildman–Crippen MR) is 90.0 cm³/mol. The Labute approximate surface area is 125 Å². The quantitative estimate of drug-likeness (QED) is 0.726. The summed E-state index contributed by atoms with van der Waals surface area (Å²) in [6.45, 7) is 5.17. The molecule has 0 atom stereocenters. The number of hydrogen-bond donors (Lipinski definition) is 1. The molecule has 0 unspecified atom stereocenters. The van der Waals surface area contributed by atoms with E-state index >= 15 is 0 Å². The van der Waals surface area contributed by atoms with Crippen LogP contribution in [-0.2, 0) is 0 Å². The zero-order valence-corrected chi connectivity index (χ0v) is 12.4. The van der Waals surface area contributed by atoms with E-state index in [-0.39, 0.29) is 0 Å². The summed E-state index contributed by atoms with van der Waals surface area (Å²) in [5, 5.41) is 1.12. The van der Waals surface area contributed by atoms with Crippen molar-refractivity contribution >= 4 is 28.0 Å². The van der Waals surface area contributed by atoms with Crippen molar-refractivity contribution in [3.63, 3.8) is 0 Å². The zero-order chi connectivity index (χ0) is 14.8. The van der Waals surface area contributed by atoms with E-state index in [1.54, 1.807) is 0 Å². The lowest BCUT2D eigenvalue weighted by atomic mass is 10.1. The Kier molecular flexibility index (Phi) is 3.48. The van der Waals surface area contributed by atoms with Crippen molar-refractivity contribution in [2.45, 2.75) is 13.8 Å². The summed E-state index contributed by atoms with van der Waals surface area (Å²) in [5.74, 6) is 0. The van der Waals surface area contributed by atoms with Crippen molar-refractivity contribution in [1.29, 1.82) is 0 Å². The molecule has 0 amide bonds. The van der Waals surface area contributed by atoms with Gasteiger partial charge in [0, 0.05) is 29.5 Å². The molecule has 0 radical (unpaired) electrons. The number of nitrogens with zero attached hydrogens (tertiary/aromatic N) is 2. The van der Waals surface area contributed by atoms with Gasteiger partial charge >= 0.3 is 0 Å². The number of hydrogen-bond acceptors (Lipinski definition) is 3. The largest absolute Gasteiger partial charge is 0.399 e. The van der Waals surface area contributed by atoms with Crippen molar-refractivity contribution in [2.24, 2.45) is 0 Å². The Bertz CT molecular complexity index is 780. The number of nitrogens with two attached hydrogens (primary N) is 1. The number of benzene rings is 2. The molecule has 0 bridgehead atoms. The van der Waals surface area contributed by atoms with Crippen LogP contribution < -0.4 is 10.6 Å².